The summed E-state index contributed by atoms with van der Waals surface area (Å²) >= 11 is 0. The summed E-state index contributed by atoms with van der Waals surface area (Å²) in [4.78, 5) is 23.1. The van der Waals surface area contributed by atoms with E-state index in [1.54, 1.807) is 0 Å². The third-order valence-corrected chi connectivity index (χ3v) is 2.97. The lowest BCUT2D eigenvalue weighted by Crippen LogP contribution is -2.31. The molecule has 1 aliphatic rings. The van der Waals surface area contributed by atoms with Gasteiger partial charge in [-0.25, -0.2) is 8.78 Å². The number of carbonyl (C=O) groups excluding carboxylic acids is 1. The molecule has 0 spiro atoms. The Hall–Kier alpha value is -1.46. The van der Waals surface area contributed by atoms with Crippen LogP contribution in [-0.2, 0) is 9.59 Å². The predicted molar refractivity (Wildman–Crippen MR) is 56.7 cm³/mol. The van der Waals surface area contributed by atoms with Gasteiger partial charge in [0.2, 0.25) is 5.91 Å². The molecule has 0 aromatic heterocycles. The Kier molecular flexibility index (Phi) is 4.20. The molecule has 1 N–H and O–H groups in total. The van der Waals surface area contributed by atoms with Gasteiger partial charge in [-0.2, -0.15) is 0 Å². The van der Waals surface area contributed by atoms with Crippen molar-refractivity contribution in [2.45, 2.75) is 25.2 Å². The van der Waals surface area contributed by atoms with Gasteiger partial charge >= 0.3 is 5.97 Å². The van der Waals surface area contributed by atoms with Crippen molar-refractivity contribution in [1.82, 2.24) is 4.90 Å². The van der Waals surface area contributed by atoms with E-state index >= 15 is 0 Å². The molecule has 17 heavy (non-hydrogen) atoms. The van der Waals surface area contributed by atoms with Crippen LogP contribution < -0.4 is 0 Å². The highest BCUT2D eigenvalue weighted by Crippen LogP contribution is 2.35. The van der Waals surface area contributed by atoms with Crippen LogP contribution in [0.25, 0.3) is 0 Å². The van der Waals surface area contributed by atoms with E-state index in [-0.39, 0.29) is 19.5 Å². The van der Waals surface area contributed by atoms with E-state index in [4.69, 9.17) is 5.11 Å². The molecule has 0 radical (unpaired) electrons. The van der Waals surface area contributed by atoms with Crippen LogP contribution in [0.15, 0.2) is 12.7 Å². The first kappa shape index (κ1) is 13.6. The van der Waals surface area contributed by atoms with Crippen molar-refractivity contribution in [3.63, 3.8) is 0 Å². The highest BCUT2D eigenvalue weighted by atomic mass is 19.3. The minimum Gasteiger partial charge on any atom is -0.481 e. The summed E-state index contributed by atoms with van der Waals surface area (Å²) in [7, 11) is 0. The maximum absolute atomic E-state index is 13.6. The van der Waals surface area contributed by atoms with Crippen molar-refractivity contribution in [3.8, 4) is 0 Å². The zero-order chi connectivity index (χ0) is 13.1. The van der Waals surface area contributed by atoms with Crippen LogP contribution in [0.3, 0.4) is 0 Å². The third kappa shape index (κ3) is 3.51. The summed E-state index contributed by atoms with van der Waals surface area (Å²) < 4.78 is 27.2. The Morgan fingerprint density at radius 1 is 1.47 bits per heavy atom. The topological polar surface area (TPSA) is 57.6 Å². The van der Waals surface area contributed by atoms with Gasteiger partial charge in [0.15, 0.2) is 0 Å². The van der Waals surface area contributed by atoms with Crippen LogP contribution in [0.5, 0.6) is 0 Å². The average molecular weight is 247 g/mol. The normalized spacial score (nSPS) is 23.9. The summed E-state index contributed by atoms with van der Waals surface area (Å²) in [5.41, 5.74) is 0. The van der Waals surface area contributed by atoms with E-state index in [2.05, 4.69) is 6.58 Å². The number of likely N-dealkylation sites (tertiary alicyclic amines) is 1. The molecule has 0 aromatic rings. The molecule has 1 rings (SSSR count). The minimum atomic E-state index is -3.03. The van der Waals surface area contributed by atoms with Crippen molar-refractivity contribution in [2.75, 3.05) is 13.1 Å². The lowest BCUT2D eigenvalue weighted by atomic mass is 9.93. The fraction of sp³-hybridized carbons (Fsp3) is 0.636. The highest BCUT2D eigenvalue weighted by Gasteiger charge is 2.42. The van der Waals surface area contributed by atoms with Gasteiger partial charge in [-0.15, -0.1) is 0 Å². The maximum atomic E-state index is 13.6. The number of carboxylic acid groups (broad SMARTS) is 1. The quantitative estimate of drug-likeness (QED) is 0.769. The van der Waals surface area contributed by atoms with Crippen LogP contribution in [0.1, 0.15) is 19.3 Å². The number of nitrogens with zero attached hydrogens (tertiary/aromatic N) is 1. The third-order valence-electron chi connectivity index (χ3n) is 2.97. The van der Waals surface area contributed by atoms with E-state index in [1.165, 1.54) is 4.90 Å². The van der Waals surface area contributed by atoms with Gasteiger partial charge < -0.3 is 10.0 Å². The molecule has 0 aliphatic carbocycles. The van der Waals surface area contributed by atoms with Crippen molar-refractivity contribution in [3.05, 3.63) is 12.7 Å². The lowest BCUT2D eigenvalue weighted by molar-refractivity contribution is -0.143. The number of carboxylic acids is 1. The molecule has 96 valence electrons. The Labute approximate surface area is 97.9 Å². The maximum Gasteiger partial charge on any atom is 0.303 e. The van der Waals surface area contributed by atoms with Crippen LogP contribution in [0.2, 0.25) is 0 Å². The summed E-state index contributed by atoms with van der Waals surface area (Å²) in [5.74, 6) is -5.87. The fourth-order valence-electron chi connectivity index (χ4n) is 1.93. The second kappa shape index (κ2) is 5.25. The van der Waals surface area contributed by atoms with Crippen LogP contribution in [0.4, 0.5) is 8.78 Å². The average Bonchev–Trinajstić information content (AvgIpc) is 2.38. The second-order valence-corrected chi connectivity index (χ2v) is 4.12. The monoisotopic (exact) mass is 247 g/mol. The van der Waals surface area contributed by atoms with E-state index in [0.29, 0.717) is 0 Å². The van der Waals surface area contributed by atoms with Crippen molar-refractivity contribution in [1.29, 1.82) is 0 Å². The summed E-state index contributed by atoms with van der Waals surface area (Å²) in [6.07, 6.45) is 0.0161. The molecule has 0 bridgehead atoms. The number of halogens is 2. The number of carbonyl (C=O) groups is 2. The second-order valence-electron chi connectivity index (χ2n) is 4.12. The smallest absolute Gasteiger partial charge is 0.303 e. The number of amides is 1. The SMILES string of the molecule is C=CC(=O)N1CCC(CC(=O)O)C(F)(F)CC1. The molecule has 1 atom stereocenters. The number of rotatable bonds is 3. The highest BCUT2D eigenvalue weighted by molar-refractivity contribution is 5.87. The minimum absolute atomic E-state index is 0.00111. The molecule has 1 heterocycles. The van der Waals surface area contributed by atoms with Gasteiger partial charge in [0.1, 0.15) is 0 Å². The molecule has 0 saturated carbocycles. The van der Waals surface area contributed by atoms with E-state index in [9.17, 15) is 18.4 Å². The Morgan fingerprint density at radius 3 is 2.65 bits per heavy atom. The number of alkyl halides is 2. The Balaban J connectivity index is 2.73. The predicted octanol–water partition coefficient (Wildman–Crippen LogP) is 1.52. The molecule has 4 nitrogen and oxygen atoms in total. The van der Waals surface area contributed by atoms with Gasteiger partial charge in [0.05, 0.1) is 6.42 Å². The van der Waals surface area contributed by atoms with Gasteiger partial charge in [-0.1, -0.05) is 6.58 Å². The number of hydrogen-bond acceptors (Lipinski definition) is 2. The lowest BCUT2D eigenvalue weighted by Gasteiger charge is -2.22. The van der Waals surface area contributed by atoms with Crippen molar-refractivity contribution in [2.24, 2.45) is 5.92 Å². The summed E-state index contributed by atoms with van der Waals surface area (Å²) in [6, 6.07) is 0. The van der Waals surface area contributed by atoms with Gasteiger partial charge in [0, 0.05) is 25.4 Å². The van der Waals surface area contributed by atoms with Gasteiger partial charge in [-0.3, -0.25) is 9.59 Å². The molecular weight excluding hydrogens is 232 g/mol. The Bertz CT molecular complexity index is 331. The van der Waals surface area contributed by atoms with Gasteiger partial charge in [-0.05, 0) is 12.5 Å². The molecule has 1 unspecified atom stereocenters. The summed E-state index contributed by atoms with van der Waals surface area (Å²) in [6.45, 7) is 3.39. The molecule has 1 amide bonds. The van der Waals surface area contributed by atoms with Crippen molar-refractivity contribution < 1.29 is 23.5 Å². The molecule has 1 aliphatic heterocycles. The number of hydrogen-bond donors (Lipinski definition) is 1. The van der Waals surface area contributed by atoms with Crippen LogP contribution >= 0.6 is 0 Å². The number of aliphatic carboxylic acids is 1. The van der Waals surface area contributed by atoms with E-state index < -0.39 is 36.6 Å². The largest absolute Gasteiger partial charge is 0.481 e. The molecule has 1 saturated heterocycles. The first-order chi connectivity index (χ1) is 7.86. The van der Waals surface area contributed by atoms with Gasteiger partial charge in [0.25, 0.3) is 5.92 Å². The fourth-order valence-corrected chi connectivity index (χ4v) is 1.93. The molecule has 1 fully saturated rings. The van der Waals surface area contributed by atoms with E-state index in [0.717, 1.165) is 6.08 Å². The zero-order valence-electron chi connectivity index (χ0n) is 9.36. The molecular formula is C11H15F2NO3. The zero-order valence-corrected chi connectivity index (χ0v) is 9.36. The molecule has 0 aromatic carbocycles. The van der Waals surface area contributed by atoms with Crippen LogP contribution in [0, 0.1) is 5.92 Å². The van der Waals surface area contributed by atoms with E-state index in [1.807, 2.05) is 0 Å². The van der Waals surface area contributed by atoms with Crippen molar-refractivity contribution >= 4 is 11.9 Å². The standard InChI is InChI=1S/C11H15F2NO3/c1-2-9(15)14-5-3-8(7-10(16)17)11(12,13)4-6-14/h2,8H,1,3-7H2,(H,16,17). The molecule has 6 heteroatoms. The first-order valence-electron chi connectivity index (χ1n) is 5.38. The summed E-state index contributed by atoms with van der Waals surface area (Å²) in [5, 5.41) is 8.58. The first-order valence-corrected chi connectivity index (χ1v) is 5.38. The van der Waals surface area contributed by atoms with Crippen LogP contribution in [-0.4, -0.2) is 40.9 Å². The Morgan fingerprint density at radius 2 is 2.12 bits per heavy atom.